The lowest BCUT2D eigenvalue weighted by Gasteiger charge is -2.32. The lowest BCUT2D eigenvalue weighted by atomic mass is 9.85. The molecule has 0 spiro atoms. The molecule has 1 N–H and O–H groups in total. The molecule has 0 fully saturated rings. The van der Waals surface area contributed by atoms with Gasteiger partial charge in [-0.15, -0.1) is 0 Å². The Morgan fingerprint density at radius 2 is 1.36 bits per heavy atom. The van der Waals surface area contributed by atoms with Gasteiger partial charge in [-0.2, -0.15) is 0 Å². The van der Waals surface area contributed by atoms with Crippen molar-refractivity contribution < 1.29 is 14.3 Å². The minimum atomic E-state index is -0.915. The van der Waals surface area contributed by atoms with E-state index in [2.05, 4.69) is 0 Å². The molecule has 1 heterocycles. The number of aldehydes is 1. The third-order valence-electron chi connectivity index (χ3n) is 4.90. The van der Waals surface area contributed by atoms with Crippen LogP contribution in [0.1, 0.15) is 11.1 Å². The number of rotatable bonds is 8. The van der Waals surface area contributed by atoms with Crippen molar-refractivity contribution in [3.63, 3.8) is 0 Å². The fraction of sp³-hybridized carbons (Fsp3) is 0.217. The molecule has 0 unspecified atom stereocenters. The van der Waals surface area contributed by atoms with E-state index in [9.17, 15) is 4.79 Å². The zero-order valence-electron chi connectivity index (χ0n) is 16.1. The first-order valence-electron chi connectivity index (χ1n) is 9.05. The molecule has 144 valence electrons. The van der Waals surface area contributed by atoms with Crippen LogP contribution in [0.4, 0.5) is 0 Å². The normalized spacial score (nSPS) is 11.1. The second-order valence-corrected chi connectivity index (χ2v) is 6.73. The number of benzene rings is 2. The molecule has 5 nitrogen and oxygen atoms in total. The summed E-state index contributed by atoms with van der Waals surface area (Å²) in [6.45, 7) is 0. The number of hydrogen-bond acceptors (Lipinski definition) is 4. The molecule has 0 atom stereocenters. The molecular weight excluding hydrogens is 352 g/mol. The number of nitrogens with one attached hydrogen (secondary N) is 1. The number of pyridine rings is 1. The quantitative estimate of drug-likeness (QED) is 0.613. The van der Waals surface area contributed by atoms with Crippen molar-refractivity contribution in [3.05, 3.63) is 89.5 Å². The monoisotopic (exact) mass is 376 g/mol. The first-order valence-corrected chi connectivity index (χ1v) is 9.05. The lowest BCUT2D eigenvalue weighted by Crippen LogP contribution is -2.45. The Bertz CT molecular complexity index is 926. The summed E-state index contributed by atoms with van der Waals surface area (Å²) in [6.07, 6.45) is 3.68. The second-order valence-electron chi connectivity index (χ2n) is 6.73. The molecule has 0 aliphatic heterocycles. The maximum Gasteiger partial charge on any atom is 0.146 e. The summed E-state index contributed by atoms with van der Waals surface area (Å²) in [5.74, 6) is 1.54. The molecule has 0 aliphatic carbocycles. The zero-order valence-corrected chi connectivity index (χ0v) is 16.1. The van der Waals surface area contributed by atoms with Crippen LogP contribution in [0.5, 0.6) is 11.5 Å². The molecule has 3 aromatic rings. The number of nitrogens with zero attached hydrogens (tertiary/aromatic N) is 1. The fourth-order valence-corrected chi connectivity index (χ4v) is 3.40. The van der Waals surface area contributed by atoms with Crippen molar-refractivity contribution in [1.82, 2.24) is 4.57 Å². The van der Waals surface area contributed by atoms with Crippen LogP contribution in [-0.4, -0.2) is 25.1 Å². The minimum absolute atomic E-state index is 0.289. The van der Waals surface area contributed by atoms with E-state index in [-0.39, 0.29) is 5.49 Å². The van der Waals surface area contributed by atoms with Crippen molar-refractivity contribution >= 4 is 6.29 Å². The SMILES string of the molecule is COc1ccc(CC(C=O)(Cc2ccc(OC)cc2)n2ccccc2=N)cc1. The van der Waals surface area contributed by atoms with Crippen molar-refractivity contribution in [2.45, 2.75) is 18.4 Å². The number of carbonyl (C=O) groups excluding carboxylic acids is 1. The third kappa shape index (κ3) is 4.14. The van der Waals surface area contributed by atoms with Gasteiger partial charge in [-0.25, -0.2) is 0 Å². The zero-order chi connectivity index (χ0) is 20.0. The maximum atomic E-state index is 12.5. The molecule has 0 saturated carbocycles. The van der Waals surface area contributed by atoms with Crippen LogP contribution >= 0.6 is 0 Å². The molecular formula is C23H24N2O3. The van der Waals surface area contributed by atoms with Crippen molar-refractivity contribution in [2.75, 3.05) is 14.2 Å². The number of aromatic nitrogens is 1. The highest BCUT2D eigenvalue weighted by atomic mass is 16.5. The highest BCUT2D eigenvalue weighted by Crippen LogP contribution is 2.26. The van der Waals surface area contributed by atoms with Gasteiger partial charge in [-0.1, -0.05) is 30.3 Å². The van der Waals surface area contributed by atoms with Gasteiger partial charge in [0.2, 0.25) is 0 Å². The highest BCUT2D eigenvalue weighted by Gasteiger charge is 2.32. The molecule has 3 rings (SSSR count). The fourth-order valence-electron chi connectivity index (χ4n) is 3.40. The van der Waals surface area contributed by atoms with Gasteiger partial charge in [0.25, 0.3) is 0 Å². The number of ether oxygens (including phenoxy) is 2. The van der Waals surface area contributed by atoms with Crippen LogP contribution in [0.3, 0.4) is 0 Å². The van der Waals surface area contributed by atoms with E-state index in [1.165, 1.54) is 0 Å². The predicted octanol–water partition coefficient (Wildman–Crippen LogP) is 3.36. The van der Waals surface area contributed by atoms with Gasteiger partial charge in [0.15, 0.2) is 0 Å². The third-order valence-corrected chi connectivity index (χ3v) is 4.90. The van der Waals surface area contributed by atoms with Crippen LogP contribution < -0.4 is 15.0 Å². The smallest absolute Gasteiger partial charge is 0.146 e. The summed E-state index contributed by atoms with van der Waals surface area (Å²) in [6, 6.07) is 20.7. The minimum Gasteiger partial charge on any atom is -0.497 e. The van der Waals surface area contributed by atoms with Gasteiger partial charge in [0.1, 0.15) is 28.8 Å². The van der Waals surface area contributed by atoms with Crippen LogP contribution in [-0.2, 0) is 23.2 Å². The molecule has 0 aliphatic rings. The topological polar surface area (TPSA) is 64.3 Å². The molecule has 0 amide bonds. The van der Waals surface area contributed by atoms with Gasteiger partial charge in [-0.3, -0.25) is 5.41 Å². The molecule has 0 saturated heterocycles. The standard InChI is InChI=1S/C23H24N2O3/c1-27-20-10-6-18(7-11-20)15-23(17-26,25-14-4-3-5-22(25)24)16-19-8-12-21(28-2)13-9-19/h3-14,17,24H,15-16H2,1-2H3. The first-order chi connectivity index (χ1) is 13.6. The summed E-state index contributed by atoms with van der Waals surface area (Å²) < 4.78 is 12.2. The molecule has 0 radical (unpaired) electrons. The van der Waals surface area contributed by atoms with Crippen LogP contribution in [0.25, 0.3) is 0 Å². The number of hydrogen-bond donors (Lipinski definition) is 1. The predicted molar refractivity (Wildman–Crippen MR) is 108 cm³/mol. The highest BCUT2D eigenvalue weighted by molar-refractivity contribution is 5.64. The van der Waals surface area contributed by atoms with E-state index in [1.807, 2.05) is 54.6 Å². The van der Waals surface area contributed by atoms with Crippen molar-refractivity contribution in [1.29, 1.82) is 5.41 Å². The van der Waals surface area contributed by atoms with E-state index in [4.69, 9.17) is 14.9 Å². The van der Waals surface area contributed by atoms with Gasteiger partial charge in [0.05, 0.1) is 14.2 Å². The maximum absolute atomic E-state index is 12.5. The van der Waals surface area contributed by atoms with Crippen LogP contribution in [0.15, 0.2) is 72.9 Å². The first kappa shape index (κ1) is 19.4. The summed E-state index contributed by atoms with van der Waals surface area (Å²) in [7, 11) is 3.25. The molecule has 2 aromatic carbocycles. The Labute approximate surface area is 164 Å². The van der Waals surface area contributed by atoms with Gasteiger partial charge in [0, 0.05) is 19.0 Å². The number of methoxy groups -OCH3 is 2. The Morgan fingerprint density at radius 1 is 0.857 bits per heavy atom. The van der Waals surface area contributed by atoms with Crippen LogP contribution in [0.2, 0.25) is 0 Å². The second kappa shape index (κ2) is 8.57. The Kier molecular flexibility index (Phi) is 5.94. The average Bonchev–Trinajstić information content (AvgIpc) is 2.74. The summed E-state index contributed by atoms with van der Waals surface area (Å²) in [4.78, 5) is 12.5. The Morgan fingerprint density at radius 3 is 1.75 bits per heavy atom. The van der Waals surface area contributed by atoms with Gasteiger partial charge in [-0.05, 0) is 47.5 Å². The van der Waals surface area contributed by atoms with Crippen LogP contribution in [0, 0.1) is 5.41 Å². The van der Waals surface area contributed by atoms with Gasteiger partial charge >= 0.3 is 0 Å². The van der Waals surface area contributed by atoms with E-state index in [0.29, 0.717) is 12.8 Å². The Balaban J connectivity index is 2.04. The molecule has 1 aromatic heterocycles. The van der Waals surface area contributed by atoms with E-state index >= 15 is 0 Å². The largest absolute Gasteiger partial charge is 0.497 e. The van der Waals surface area contributed by atoms with Crippen molar-refractivity contribution in [3.8, 4) is 11.5 Å². The molecule has 5 heteroatoms. The summed E-state index contributed by atoms with van der Waals surface area (Å²) in [5.41, 5.74) is 1.37. The average molecular weight is 376 g/mol. The molecule has 28 heavy (non-hydrogen) atoms. The number of carbonyl (C=O) groups is 1. The van der Waals surface area contributed by atoms with Gasteiger partial charge < -0.3 is 18.8 Å². The van der Waals surface area contributed by atoms with Crippen molar-refractivity contribution in [2.24, 2.45) is 0 Å². The van der Waals surface area contributed by atoms with E-state index in [1.54, 1.807) is 37.1 Å². The lowest BCUT2D eigenvalue weighted by molar-refractivity contribution is -0.115. The summed E-state index contributed by atoms with van der Waals surface area (Å²) in [5, 5.41) is 8.35. The molecule has 0 bridgehead atoms. The summed E-state index contributed by atoms with van der Waals surface area (Å²) >= 11 is 0. The van der Waals surface area contributed by atoms with E-state index < -0.39 is 5.54 Å². The van der Waals surface area contributed by atoms with E-state index in [0.717, 1.165) is 28.9 Å². The Hall–Kier alpha value is -3.34.